The molecule has 0 aromatic heterocycles. The van der Waals surface area contributed by atoms with E-state index in [2.05, 4.69) is 20.9 Å². The van der Waals surface area contributed by atoms with Gasteiger partial charge in [0, 0.05) is 13.0 Å². The maximum Gasteiger partial charge on any atom is 0.326 e. The number of carboxylic acids is 1. The molecule has 4 atom stereocenters. The number of nitrogens with zero attached hydrogens (tertiary/aromatic N) is 1. The van der Waals surface area contributed by atoms with Gasteiger partial charge in [-0.3, -0.25) is 24.2 Å². The van der Waals surface area contributed by atoms with Crippen LogP contribution in [0.1, 0.15) is 31.2 Å². The number of rotatable bonds is 18. The van der Waals surface area contributed by atoms with Crippen LogP contribution in [0.25, 0.3) is 0 Å². The van der Waals surface area contributed by atoms with Crippen molar-refractivity contribution in [2.45, 2.75) is 56.3 Å². The van der Waals surface area contributed by atoms with Gasteiger partial charge in [0.05, 0.1) is 12.5 Å². The summed E-state index contributed by atoms with van der Waals surface area (Å²) in [6.45, 7) is 0.142. The van der Waals surface area contributed by atoms with Crippen molar-refractivity contribution < 1.29 is 29.1 Å². The van der Waals surface area contributed by atoms with Crippen molar-refractivity contribution in [3.63, 3.8) is 0 Å². The Kier molecular flexibility index (Phi) is 15.0. The summed E-state index contributed by atoms with van der Waals surface area (Å²) >= 11 is 1.52. The number of carbonyl (C=O) groups is 5. The molecule has 4 amide bonds. The number of aliphatic carboxylic acids is 1. The number of nitrogens with one attached hydrogen (secondary N) is 3. The normalized spacial score (nSPS) is 13.7. The van der Waals surface area contributed by atoms with Crippen molar-refractivity contribution in [2.24, 2.45) is 27.9 Å². The molecule has 0 spiro atoms. The molecular weight excluding hydrogens is 528 g/mol. The van der Waals surface area contributed by atoms with Gasteiger partial charge in [-0.2, -0.15) is 11.8 Å². The largest absolute Gasteiger partial charge is 0.480 e. The Bertz CT molecular complexity index is 1010. The predicted octanol–water partition coefficient (Wildman–Crippen LogP) is -2.22. The molecule has 0 saturated heterocycles. The van der Waals surface area contributed by atoms with Gasteiger partial charge >= 0.3 is 5.97 Å². The number of carbonyl (C=O) groups excluding carboxylic acids is 4. The molecule has 1 aromatic rings. The highest BCUT2D eigenvalue weighted by Gasteiger charge is 2.31. The van der Waals surface area contributed by atoms with E-state index >= 15 is 0 Å². The van der Waals surface area contributed by atoms with E-state index in [4.69, 9.17) is 22.9 Å². The van der Waals surface area contributed by atoms with Crippen LogP contribution < -0.4 is 38.9 Å². The van der Waals surface area contributed by atoms with Crippen LogP contribution in [-0.2, 0) is 30.4 Å². The van der Waals surface area contributed by atoms with Gasteiger partial charge in [0.25, 0.3) is 0 Å². The number of carboxylic acid groups (broad SMARTS) is 1. The van der Waals surface area contributed by atoms with Gasteiger partial charge in [0.1, 0.15) is 18.1 Å². The number of thioether (sulfide) groups is 1. The Hall–Kier alpha value is -3.85. The van der Waals surface area contributed by atoms with Crippen LogP contribution >= 0.6 is 11.8 Å². The number of primary amides is 1. The molecule has 0 heterocycles. The lowest BCUT2D eigenvalue weighted by molar-refractivity contribution is -0.142. The molecule has 0 radical (unpaired) electrons. The van der Waals surface area contributed by atoms with Gasteiger partial charge in [-0.25, -0.2) is 4.79 Å². The number of amides is 4. The van der Waals surface area contributed by atoms with Crippen LogP contribution in [0.2, 0.25) is 0 Å². The molecule has 4 unspecified atom stereocenters. The molecule has 39 heavy (non-hydrogen) atoms. The zero-order valence-electron chi connectivity index (χ0n) is 21.8. The van der Waals surface area contributed by atoms with E-state index in [0.29, 0.717) is 12.2 Å². The summed E-state index contributed by atoms with van der Waals surface area (Å²) in [5.74, 6) is -4.01. The third-order valence-corrected chi connectivity index (χ3v) is 6.13. The predicted molar refractivity (Wildman–Crippen MR) is 148 cm³/mol. The third-order valence-electron chi connectivity index (χ3n) is 5.48. The molecule has 1 aromatic carbocycles. The average molecular weight is 567 g/mol. The van der Waals surface area contributed by atoms with Crippen molar-refractivity contribution in [2.75, 3.05) is 18.6 Å². The lowest BCUT2D eigenvalue weighted by Crippen LogP contribution is -2.58. The highest BCUT2D eigenvalue weighted by Crippen LogP contribution is 2.07. The Labute approximate surface area is 231 Å². The van der Waals surface area contributed by atoms with E-state index in [9.17, 15) is 29.1 Å². The zero-order valence-corrected chi connectivity index (χ0v) is 22.6. The molecule has 216 valence electrons. The summed E-state index contributed by atoms with van der Waals surface area (Å²) in [6, 6.07) is 4.00. The summed E-state index contributed by atoms with van der Waals surface area (Å²) in [7, 11) is 0. The second kappa shape index (κ2) is 17.6. The maximum atomic E-state index is 13.3. The fourth-order valence-electron chi connectivity index (χ4n) is 3.43. The van der Waals surface area contributed by atoms with E-state index in [1.807, 2.05) is 6.26 Å². The van der Waals surface area contributed by atoms with Crippen LogP contribution in [0, 0.1) is 0 Å². The first-order valence-corrected chi connectivity index (χ1v) is 13.6. The topological polar surface area (TPSA) is 258 Å². The molecular formula is C24H38N8O6S. The van der Waals surface area contributed by atoms with Gasteiger partial charge in [0.2, 0.25) is 23.6 Å². The number of nitrogens with two attached hydrogens (primary N) is 4. The molecule has 0 aliphatic carbocycles. The summed E-state index contributed by atoms with van der Waals surface area (Å²) < 4.78 is 0. The van der Waals surface area contributed by atoms with Gasteiger partial charge in [-0.15, -0.1) is 0 Å². The van der Waals surface area contributed by atoms with Crippen LogP contribution in [0.5, 0.6) is 0 Å². The lowest BCUT2D eigenvalue weighted by Gasteiger charge is -2.25. The molecule has 0 bridgehead atoms. The minimum atomic E-state index is -1.49. The third kappa shape index (κ3) is 13.5. The van der Waals surface area contributed by atoms with E-state index in [0.717, 1.165) is 5.56 Å². The first kappa shape index (κ1) is 33.2. The molecule has 14 nitrogen and oxygen atoms in total. The summed E-state index contributed by atoms with van der Waals surface area (Å²) in [4.78, 5) is 65.9. The zero-order chi connectivity index (χ0) is 29.4. The van der Waals surface area contributed by atoms with Crippen LogP contribution in [-0.4, -0.2) is 83.4 Å². The van der Waals surface area contributed by atoms with E-state index in [1.54, 1.807) is 30.3 Å². The van der Waals surface area contributed by atoms with Gasteiger partial charge < -0.3 is 44.0 Å². The Balaban J connectivity index is 3.05. The first-order chi connectivity index (χ1) is 18.4. The highest BCUT2D eigenvalue weighted by molar-refractivity contribution is 7.98. The number of guanidine groups is 1. The van der Waals surface area contributed by atoms with Crippen LogP contribution in [0.4, 0.5) is 0 Å². The van der Waals surface area contributed by atoms with E-state index in [1.165, 1.54) is 11.8 Å². The maximum absolute atomic E-state index is 13.3. The minimum absolute atomic E-state index is 0.0181. The van der Waals surface area contributed by atoms with Crippen LogP contribution in [0.15, 0.2) is 35.3 Å². The number of hydrogen-bond acceptors (Lipinski definition) is 8. The number of aliphatic imine (C=N–C) groups is 1. The standard InChI is InChI=1S/C24H38N8O6S/c1-39-11-9-15(25)20(34)31-17(12-14-6-3-2-4-7-14)21(35)32-18(13-19(26)33)22(36)30-16(23(37)38)8-5-10-29-24(27)28/h2-4,6-7,15-18H,5,8-13,25H2,1H3,(H2,26,33)(H,30,36)(H,31,34)(H,32,35)(H,37,38)(H4,27,28,29). The van der Waals surface area contributed by atoms with E-state index in [-0.39, 0.29) is 31.8 Å². The van der Waals surface area contributed by atoms with E-state index < -0.39 is 60.2 Å². The fourth-order valence-corrected chi connectivity index (χ4v) is 3.92. The second-order valence-electron chi connectivity index (χ2n) is 8.72. The minimum Gasteiger partial charge on any atom is -0.480 e. The molecule has 0 saturated carbocycles. The van der Waals surface area contributed by atoms with Crippen molar-refractivity contribution in [1.82, 2.24) is 16.0 Å². The smallest absolute Gasteiger partial charge is 0.326 e. The summed E-state index contributed by atoms with van der Waals surface area (Å²) in [6.07, 6.45) is 1.95. The van der Waals surface area contributed by atoms with Crippen molar-refractivity contribution in [3.05, 3.63) is 35.9 Å². The van der Waals surface area contributed by atoms with Gasteiger partial charge in [-0.1, -0.05) is 30.3 Å². The number of hydrogen-bond donors (Lipinski definition) is 8. The summed E-state index contributed by atoms with van der Waals surface area (Å²) in [5, 5.41) is 16.8. The summed E-state index contributed by atoms with van der Waals surface area (Å²) in [5.41, 5.74) is 22.4. The Morgan fingerprint density at radius 2 is 1.49 bits per heavy atom. The molecule has 0 aliphatic rings. The second-order valence-corrected chi connectivity index (χ2v) is 9.70. The van der Waals surface area contributed by atoms with Crippen LogP contribution in [0.3, 0.4) is 0 Å². The van der Waals surface area contributed by atoms with Crippen molar-refractivity contribution >= 4 is 47.3 Å². The quantitative estimate of drug-likeness (QED) is 0.0539. The van der Waals surface area contributed by atoms with Gasteiger partial charge in [0.15, 0.2) is 5.96 Å². The lowest BCUT2D eigenvalue weighted by atomic mass is 10.0. The monoisotopic (exact) mass is 566 g/mol. The Morgan fingerprint density at radius 1 is 0.897 bits per heavy atom. The SMILES string of the molecule is CSCCC(N)C(=O)NC(Cc1ccccc1)C(=O)NC(CC(N)=O)C(=O)NC(CCCN=C(N)N)C(=O)O. The highest BCUT2D eigenvalue weighted by atomic mass is 32.2. The number of benzene rings is 1. The molecule has 12 N–H and O–H groups in total. The average Bonchev–Trinajstić information content (AvgIpc) is 2.87. The van der Waals surface area contributed by atoms with Crippen molar-refractivity contribution in [3.8, 4) is 0 Å². The molecule has 1 rings (SSSR count). The van der Waals surface area contributed by atoms with Gasteiger partial charge in [-0.05, 0) is 36.8 Å². The first-order valence-electron chi connectivity index (χ1n) is 12.2. The van der Waals surface area contributed by atoms with Crippen molar-refractivity contribution in [1.29, 1.82) is 0 Å². The molecule has 0 aliphatic heterocycles. The molecule has 0 fully saturated rings. The Morgan fingerprint density at radius 3 is 2.05 bits per heavy atom. The molecule has 15 heteroatoms. The fraction of sp³-hybridized carbons (Fsp3) is 0.500.